The van der Waals surface area contributed by atoms with Crippen LogP contribution in [0.1, 0.15) is 11.4 Å². The van der Waals surface area contributed by atoms with E-state index in [1.54, 1.807) is 31.4 Å². The number of hydrogen-bond acceptors (Lipinski definition) is 7. The van der Waals surface area contributed by atoms with Crippen molar-refractivity contribution in [2.24, 2.45) is 0 Å². The monoisotopic (exact) mass is 527 g/mol. The van der Waals surface area contributed by atoms with Crippen LogP contribution >= 0.6 is 19.1 Å². The molecule has 1 fully saturated rings. The summed E-state index contributed by atoms with van der Waals surface area (Å²) in [4.78, 5) is 34.0. The van der Waals surface area contributed by atoms with Crippen molar-refractivity contribution < 1.29 is 19.2 Å². The van der Waals surface area contributed by atoms with Gasteiger partial charge in [-0.05, 0) is 31.3 Å². The van der Waals surface area contributed by atoms with Crippen LogP contribution in [0.3, 0.4) is 0 Å². The Labute approximate surface area is 216 Å². The number of anilines is 1. The van der Waals surface area contributed by atoms with Gasteiger partial charge in [0.05, 0.1) is 13.3 Å². The molecule has 0 unspecified atom stereocenters. The summed E-state index contributed by atoms with van der Waals surface area (Å²) in [7, 11) is 1.51. The minimum absolute atomic E-state index is 0.205. The summed E-state index contributed by atoms with van der Waals surface area (Å²) in [6, 6.07) is 12.8. The van der Waals surface area contributed by atoms with E-state index in [9.17, 15) is 9.69 Å². The lowest BCUT2D eigenvalue weighted by molar-refractivity contribution is -0.111. The second-order valence-electron chi connectivity index (χ2n) is 8.61. The van der Waals surface area contributed by atoms with Crippen LogP contribution in [-0.2, 0) is 11.2 Å². The van der Waals surface area contributed by atoms with Gasteiger partial charge in [0, 0.05) is 42.9 Å². The fourth-order valence-corrected chi connectivity index (χ4v) is 6.87. The number of hydrogen-bond donors (Lipinski definition) is 2. The third-order valence-electron chi connectivity index (χ3n) is 6.07. The quantitative estimate of drug-likeness (QED) is 0.336. The van der Waals surface area contributed by atoms with Crippen LogP contribution in [0.25, 0.3) is 0 Å². The van der Waals surface area contributed by atoms with E-state index < -0.39 is 7.49 Å². The first-order chi connectivity index (χ1) is 17.3. The Balaban J connectivity index is 1.53. The first kappa shape index (κ1) is 26.0. The molecule has 0 saturated carbocycles. The first-order valence-electron chi connectivity index (χ1n) is 11.5. The average molecular weight is 528 g/mol. The second-order valence-corrected chi connectivity index (χ2v) is 12.3. The highest BCUT2D eigenvalue weighted by molar-refractivity contribution is 7.77. The smallest absolute Gasteiger partial charge is 0.247 e. The van der Waals surface area contributed by atoms with Crippen LogP contribution < -0.4 is 20.1 Å². The second kappa shape index (κ2) is 11.4. The zero-order valence-electron chi connectivity index (χ0n) is 20.3. The van der Waals surface area contributed by atoms with E-state index in [4.69, 9.17) is 21.1 Å². The Kier molecular flexibility index (Phi) is 8.21. The van der Waals surface area contributed by atoms with E-state index in [0.717, 1.165) is 36.3 Å². The normalized spacial score (nSPS) is 15.2. The number of halogens is 1. The van der Waals surface area contributed by atoms with Gasteiger partial charge in [-0.25, -0.2) is 9.88 Å². The van der Waals surface area contributed by atoms with Crippen molar-refractivity contribution in [3.8, 4) is 17.4 Å². The van der Waals surface area contributed by atoms with Gasteiger partial charge in [0.25, 0.3) is 0 Å². The number of nitrogens with zero attached hydrogens (tertiary/aromatic N) is 3. The lowest BCUT2D eigenvalue weighted by atomic mass is 10.1. The number of amides is 1. The van der Waals surface area contributed by atoms with E-state index in [2.05, 4.69) is 33.8 Å². The summed E-state index contributed by atoms with van der Waals surface area (Å²) in [5.41, 5.74) is 1.45. The molecule has 2 N–H and O–H groups in total. The summed E-state index contributed by atoms with van der Waals surface area (Å²) >= 11 is 6.30. The minimum Gasteiger partial charge on any atom is -0.496 e. The molecule has 2 aromatic carbocycles. The third kappa shape index (κ3) is 6.20. The van der Waals surface area contributed by atoms with Crippen molar-refractivity contribution >= 4 is 36.0 Å². The Morgan fingerprint density at radius 3 is 2.78 bits per heavy atom. The maximum absolute atomic E-state index is 11.6. The molecule has 4 rings (SSSR count). The Bertz CT molecular complexity index is 1260. The molecular formula is C26H29ClN4O4P+. The van der Waals surface area contributed by atoms with E-state index in [1.165, 1.54) is 12.3 Å². The number of nitrogens with one attached hydrogen (secondary N) is 1. The number of carbonyl (C=O) groups is 1. The molecule has 2 heterocycles. The number of benzene rings is 2. The summed E-state index contributed by atoms with van der Waals surface area (Å²) < 4.78 is 11.6. The molecule has 0 bridgehead atoms. The average Bonchev–Trinajstić information content (AvgIpc) is 2.88. The van der Waals surface area contributed by atoms with Crippen LogP contribution in [0.4, 0.5) is 5.69 Å². The maximum atomic E-state index is 11.6. The predicted molar refractivity (Wildman–Crippen MR) is 144 cm³/mol. The van der Waals surface area contributed by atoms with Gasteiger partial charge >= 0.3 is 0 Å². The topological polar surface area (TPSA) is 96.8 Å². The highest BCUT2D eigenvalue weighted by atomic mass is 35.5. The Morgan fingerprint density at radius 1 is 1.28 bits per heavy atom. The number of methoxy groups -OCH3 is 1. The van der Waals surface area contributed by atoms with Gasteiger partial charge in [-0.3, -0.25) is 9.69 Å². The number of aromatic nitrogens is 2. The van der Waals surface area contributed by atoms with E-state index in [0.29, 0.717) is 29.4 Å². The lowest BCUT2D eigenvalue weighted by Crippen LogP contribution is -2.36. The number of ether oxygens (including phenoxy) is 2. The van der Waals surface area contributed by atoms with Gasteiger partial charge in [0.1, 0.15) is 40.0 Å². The Hall–Kier alpha value is -3.03. The van der Waals surface area contributed by atoms with Crippen LogP contribution in [0.5, 0.6) is 17.4 Å². The van der Waals surface area contributed by atoms with Gasteiger partial charge in [-0.1, -0.05) is 30.3 Å². The van der Waals surface area contributed by atoms with Crippen molar-refractivity contribution in [3.05, 3.63) is 77.7 Å². The van der Waals surface area contributed by atoms with Gasteiger partial charge in [0.15, 0.2) is 7.49 Å². The van der Waals surface area contributed by atoms with Crippen LogP contribution in [-0.4, -0.2) is 65.2 Å². The van der Waals surface area contributed by atoms with Gasteiger partial charge in [-0.15, -0.1) is 0 Å². The molecule has 1 amide bonds. The maximum Gasteiger partial charge on any atom is 0.247 e. The number of carbonyl (C=O) groups excluding carboxylic acids is 1. The molecule has 1 aromatic heterocycles. The largest absolute Gasteiger partial charge is 0.496 e. The highest BCUT2D eigenvalue weighted by Crippen LogP contribution is 2.55. The van der Waals surface area contributed by atoms with E-state index in [1.807, 2.05) is 18.2 Å². The van der Waals surface area contributed by atoms with E-state index in [-0.39, 0.29) is 16.8 Å². The molecule has 3 aromatic rings. The van der Waals surface area contributed by atoms with Crippen LogP contribution in [0, 0.1) is 0 Å². The van der Waals surface area contributed by atoms with Crippen molar-refractivity contribution in [2.75, 3.05) is 44.9 Å². The molecule has 1 aliphatic rings. The van der Waals surface area contributed by atoms with Crippen molar-refractivity contribution in [2.45, 2.75) is 6.42 Å². The van der Waals surface area contributed by atoms with Gasteiger partial charge < -0.3 is 14.8 Å². The highest BCUT2D eigenvalue weighted by Gasteiger charge is 2.42. The zero-order valence-corrected chi connectivity index (χ0v) is 21.9. The van der Waals surface area contributed by atoms with Gasteiger partial charge in [0.2, 0.25) is 11.8 Å². The molecule has 0 atom stereocenters. The molecular weight excluding hydrogens is 499 g/mol. The SMILES string of the molecule is C=CC(=O)Nc1cccc(Oc2nc(Cc3ccc([P+]4(O)CCN(C)CC4)cc3OC)ncc2Cl)c1. The van der Waals surface area contributed by atoms with Crippen molar-refractivity contribution in [1.82, 2.24) is 14.9 Å². The van der Waals surface area contributed by atoms with Crippen molar-refractivity contribution in [1.29, 1.82) is 0 Å². The zero-order chi connectivity index (χ0) is 25.7. The summed E-state index contributed by atoms with van der Waals surface area (Å²) in [6.45, 7) is 5.23. The fourth-order valence-electron chi connectivity index (χ4n) is 3.95. The van der Waals surface area contributed by atoms with Crippen LogP contribution in [0.15, 0.2) is 61.3 Å². The molecule has 0 radical (unpaired) electrons. The molecule has 1 saturated heterocycles. The lowest BCUT2D eigenvalue weighted by Gasteiger charge is -2.30. The Morgan fingerprint density at radius 2 is 2.06 bits per heavy atom. The number of rotatable bonds is 8. The molecule has 36 heavy (non-hydrogen) atoms. The summed E-state index contributed by atoms with van der Waals surface area (Å²) in [5.74, 6) is 1.53. The third-order valence-corrected chi connectivity index (χ3v) is 9.44. The molecule has 0 spiro atoms. The molecule has 188 valence electrons. The van der Waals surface area contributed by atoms with Crippen molar-refractivity contribution in [3.63, 3.8) is 0 Å². The summed E-state index contributed by atoms with van der Waals surface area (Å²) in [6.07, 6.45) is 4.65. The minimum atomic E-state index is -2.19. The molecule has 0 aliphatic carbocycles. The van der Waals surface area contributed by atoms with Crippen LogP contribution in [0.2, 0.25) is 5.02 Å². The van der Waals surface area contributed by atoms with Gasteiger partial charge in [-0.2, -0.15) is 4.98 Å². The standard InChI is InChI=1S/C26H28ClN4O4P/c1-4-25(32)29-19-6-5-7-20(15-19)35-26-22(27)17-28-24(30-26)14-18-8-9-21(16-23(18)34-3)36(33)12-10-31(2)11-13-36/h4-9,15-17,33H,1,10-14H2,2-3H3/p+1. The van der Waals surface area contributed by atoms with E-state index >= 15 is 0 Å². The molecule has 8 nitrogen and oxygen atoms in total. The summed E-state index contributed by atoms with van der Waals surface area (Å²) in [5, 5.41) is 3.91. The predicted octanol–water partition coefficient (Wildman–Crippen LogP) is 4.14. The first-order valence-corrected chi connectivity index (χ1v) is 14.0. The molecule has 1 aliphatic heterocycles. The molecule has 10 heteroatoms. The fraction of sp³-hybridized carbons (Fsp3) is 0.269.